The number of ether oxygens (including phenoxy) is 1. The fourth-order valence-corrected chi connectivity index (χ4v) is 3.82. The van der Waals surface area contributed by atoms with Crippen molar-refractivity contribution in [2.45, 2.75) is 63.5 Å². The third kappa shape index (κ3) is 2.71. The summed E-state index contributed by atoms with van der Waals surface area (Å²) >= 11 is 0. The van der Waals surface area contributed by atoms with Gasteiger partial charge in [0.05, 0.1) is 0 Å². The van der Waals surface area contributed by atoms with Gasteiger partial charge in [-0.3, -0.25) is 4.90 Å². The molecule has 3 rings (SSSR count). The Morgan fingerprint density at radius 3 is 2.86 bits per heavy atom. The van der Waals surface area contributed by atoms with Crippen molar-refractivity contribution in [3.63, 3.8) is 0 Å². The molecule has 1 aliphatic carbocycles. The van der Waals surface area contributed by atoms with Crippen molar-refractivity contribution >= 4 is 5.97 Å². The second-order valence-corrected chi connectivity index (χ2v) is 6.29. The summed E-state index contributed by atoms with van der Waals surface area (Å²) in [7, 11) is 0. The zero-order valence-corrected chi connectivity index (χ0v) is 12.9. The molecule has 1 saturated heterocycles. The molecule has 0 N–H and O–H groups in total. The number of nitrogens with zero attached hydrogens (tertiary/aromatic N) is 1. The molecular formula is C18H25NO2. The number of fused-ring (bicyclic) bond motifs is 1. The van der Waals surface area contributed by atoms with Crippen LogP contribution in [0.3, 0.4) is 0 Å². The van der Waals surface area contributed by atoms with Gasteiger partial charge in [-0.1, -0.05) is 50.8 Å². The van der Waals surface area contributed by atoms with Crippen LogP contribution in [0.5, 0.6) is 5.75 Å². The Balaban J connectivity index is 1.67. The Bertz CT molecular complexity index is 487. The van der Waals surface area contributed by atoms with Gasteiger partial charge in [-0.05, 0) is 37.9 Å². The first kappa shape index (κ1) is 14.6. The molecule has 114 valence electrons. The minimum absolute atomic E-state index is 0.0325. The van der Waals surface area contributed by atoms with E-state index in [2.05, 4.69) is 11.8 Å². The smallest absolute Gasteiger partial charge is 0.333 e. The lowest BCUT2D eigenvalue weighted by molar-refractivity contribution is -0.139. The third-order valence-electron chi connectivity index (χ3n) is 4.97. The van der Waals surface area contributed by atoms with Gasteiger partial charge in [-0.2, -0.15) is 0 Å². The van der Waals surface area contributed by atoms with E-state index >= 15 is 0 Å². The largest absolute Gasteiger partial charge is 0.425 e. The number of para-hydroxylation sites is 1. The maximum Gasteiger partial charge on any atom is 0.333 e. The Morgan fingerprint density at radius 2 is 2.10 bits per heavy atom. The van der Waals surface area contributed by atoms with E-state index in [1.807, 2.05) is 30.3 Å². The summed E-state index contributed by atoms with van der Waals surface area (Å²) in [6.45, 7) is 3.26. The van der Waals surface area contributed by atoms with Crippen molar-refractivity contribution in [3.8, 4) is 5.75 Å². The number of benzene rings is 1. The molecule has 3 atom stereocenters. The van der Waals surface area contributed by atoms with Gasteiger partial charge in [0, 0.05) is 6.04 Å². The quantitative estimate of drug-likeness (QED) is 0.345. The summed E-state index contributed by atoms with van der Waals surface area (Å²) in [5, 5.41) is 0. The van der Waals surface area contributed by atoms with Crippen molar-refractivity contribution in [1.82, 2.24) is 4.90 Å². The summed E-state index contributed by atoms with van der Waals surface area (Å²) in [6.07, 6.45) is 8.16. The van der Waals surface area contributed by atoms with Gasteiger partial charge in [-0.15, -0.1) is 0 Å². The van der Waals surface area contributed by atoms with Crippen molar-refractivity contribution in [3.05, 3.63) is 30.3 Å². The van der Waals surface area contributed by atoms with Crippen LogP contribution in [-0.4, -0.2) is 29.0 Å². The topological polar surface area (TPSA) is 29.3 Å². The van der Waals surface area contributed by atoms with Crippen LogP contribution in [-0.2, 0) is 4.79 Å². The number of rotatable bonds is 6. The fraction of sp³-hybridized carbons (Fsp3) is 0.611. The summed E-state index contributed by atoms with van der Waals surface area (Å²) in [5.74, 6) is 0.636. The van der Waals surface area contributed by atoms with Crippen LogP contribution in [0.1, 0.15) is 51.9 Å². The number of likely N-dealkylation sites (tertiary alicyclic amines) is 1. The summed E-state index contributed by atoms with van der Waals surface area (Å²) in [5.41, 5.74) is -0.304. The minimum atomic E-state index is -0.304. The molecule has 21 heavy (non-hydrogen) atoms. The van der Waals surface area contributed by atoms with Crippen molar-refractivity contribution < 1.29 is 9.53 Å². The van der Waals surface area contributed by atoms with Gasteiger partial charge >= 0.3 is 5.97 Å². The molecule has 1 aromatic rings. The number of unbranched alkanes of at least 4 members (excludes halogenated alkanes) is 2. The summed E-state index contributed by atoms with van der Waals surface area (Å²) in [6, 6.07) is 9.90. The Hall–Kier alpha value is -1.35. The highest BCUT2D eigenvalue weighted by Gasteiger charge is 2.68. The molecule has 3 nitrogen and oxygen atoms in total. The molecule has 0 radical (unpaired) electrons. The van der Waals surface area contributed by atoms with E-state index in [4.69, 9.17) is 4.74 Å². The molecular weight excluding hydrogens is 262 g/mol. The van der Waals surface area contributed by atoms with Crippen LogP contribution in [0.4, 0.5) is 0 Å². The lowest BCUT2D eigenvalue weighted by atomic mass is 9.89. The Labute approximate surface area is 127 Å². The van der Waals surface area contributed by atoms with Gasteiger partial charge in [0.1, 0.15) is 11.3 Å². The lowest BCUT2D eigenvalue weighted by Gasteiger charge is -2.19. The first-order valence-corrected chi connectivity index (χ1v) is 8.33. The highest BCUT2D eigenvalue weighted by Crippen LogP contribution is 2.52. The molecule has 0 spiro atoms. The van der Waals surface area contributed by atoms with Gasteiger partial charge in [0.25, 0.3) is 0 Å². The summed E-state index contributed by atoms with van der Waals surface area (Å²) in [4.78, 5) is 15.1. The van der Waals surface area contributed by atoms with E-state index in [1.165, 1.54) is 25.7 Å². The molecule has 3 heteroatoms. The molecule has 0 aromatic heterocycles. The van der Waals surface area contributed by atoms with Crippen molar-refractivity contribution in [1.29, 1.82) is 0 Å². The molecule has 0 bridgehead atoms. The van der Waals surface area contributed by atoms with Crippen molar-refractivity contribution in [2.24, 2.45) is 0 Å². The third-order valence-corrected chi connectivity index (χ3v) is 4.97. The monoisotopic (exact) mass is 287 g/mol. The molecule has 1 heterocycles. The molecule has 1 saturated carbocycles. The van der Waals surface area contributed by atoms with Gasteiger partial charge in [-0.25, -0.2) is 4.79 Å². The average Bonchev–Trinajstić information content (AvgIpc) is 3.18. The van der Waals surface area contributed by atoms with E-state index < -0.39 is 0 Å². The van der Waals surface area contributed by atoms with Gasteiger partial charge < -0.3 is 4.74 Å². The Morgan fingerprint density at radius 1 is 1.29 bits per heavy atom. The predicted octanol–water partition coefficient (Wildman–Crippen LogP) is 3.78. The van der Waals surface area contributed by atoms with Crippen LogP contribution in [0.25, 0.3) is 0 Å². The second-order valence-electron chi connectivity index (χ2n) is 6.29. The molecule has 1 aromatic carbocycles. The molecule has 1 aliphatic heterocycles. The first-order valence-electron chi connectivity index (χ1n) is 8.33. The van der Waals surface area contributed by atoms with Gasteiger partial charge in [0.15, 0.2) is 0 Å². The highest BCUT2D eigenvalue weighted by molar-refractivity contribution is 5.88. The maximum atomic E-state index is 12.7. The maximum absolute atomic E-state index is 12.7. The molecule has 3 unspecified atom stereocenters. The highest BCUT2D eigenvalue weighted by atomic mass is 16.5. The van der Waals surface area contributed by atoms with E-state index in [0.717, 1.165) is 25.8 Å². The number of hydrogen-bond acceptors (Lipinski definition) is 3. The van der Waals surface area contributed by atoms with Crippen LogP contribution in [0.2, 0.25) is 0 Å². The van der Waals surface area contributed by atoms with Gasteiger partial charge in [0.2, 0.25) is 0 Å². The van der Waals surface area contributed by atoms with E-state index in [-0.39, 0.29) is 11.5 Å². The first-order chi connectivity index (χ1) is 10.3. The fourth-order valence-electron chi connectivity index (χ4n) is 3.82. The zero-order valence-electron chi connectivity index (χ0n) is 12.9. The van der Waals surface area contributed by atoms with Crippen LogP contribution in [0.15, 0.2) is 30.3 Å². The number of hydrogen-bond donors (Lipinski definition) is 0. The molecule has 2 aliphatic rings. The summed E-state index contributed by atoms with van der Waals surface area (Å²) < 4.78 is 5.65. The normalized spacial score (nSPS) is 30.5. The second kappa shape index (κ2) is 6.18. The van der Waals surface area contributed by atoms with Crippen LogP contribution < -0.4 is 4.74 Å². The van der Waals surface area contributed by atoms with E-state index in [0.29, 0.717) is 11.8 Å². The lowest BCUT2D eigenvalue weighted by Crippen LogP contribution is -2.36. The molecule has 2 fully saturated rings. The van der Waals surface area contributed by atoms with Crippen molar-refractivity contribution in [2.75, 3.05) is 6.54 Å². The number of esters is 1. The van der Waals surface area contributed by atoms with E-state index in [9.17, 15) is 4.79 Å². The Kier molecular flexibility index (Phi) is 4.29. The number of carbonyl (C=O) groups is 1. The minimum Gasteiger partial charge on any atom is -0.425 e. The van der Waals surface area contributed by atoms with E-state index in [1.54, 1.807) is 0 Å². The van der Waals surface area contributed by atoms with Crippen LogP contribution in [0, 0.1) is 0 Å². The SMILES string of the molecule is CCCCCN1C2CCCCC21C(=O)Oc1ccccc1. The zero-order chi connectivity index (χ0) is 14.7. The standard InChI is InChI=1S/C18H25NO2/c1-2-3-9-14-19-16-12-7-8-13-18(16,19)17(20)21-15-10-5-4-6-11-15/h4-6,10-11,16H,2-3,7-9,12-14H2,1H3. The number of carbonyl (C=O) groups excluding carboxylic acids is 1. The molecule has 0 amide bonds. The predicted molar refractivity (Wildman–Crippen MR) is 83.3 cm³/mol. The van der Waals surface area contributed by atoms with Crippen LogP contribution >= 0.6 is 0 Å². The average molecular weight is 287 g/mol.